The van der Waals surface area contributed by atoms with Crippen LogP contribution in [0.1, 0.15) is 43.9 Å². The van der Waals surface area contributed by atoms with Crippen LogP contribution >= 0.6 is 0 Å². The molecule has 1 aromatic carbocycles. The Balaban J connectivity index is 2.77. The third-order valence-electron chi connectivity index (χ3n) is 2.94. The Morgan fingerprint density at radius 3 is 2.31 bits per heavy atom. The second kappa shape index (κ2) is 6.30. The van der Waals surface area contributed by atoms with Crippen molar-refractivity contribution in [1.82, 2.24) is 0 Å². The van der Waals surface area contributed by atoms with Crippen molar-refractivity contribution < 1.29 is 0 Å². The van der Waals surface area contributed by atoms with Crippen LogP contribution in [0, 0.1) is 17.2 Å². The molecule has 0 spiro atoms. The minimum atomic E-state index is -0.161. The number of aryl methyl sites for hydroxylation is 1. The van der Waals surface area contributed by atoms with E-state index in [4.69, 9.17) is 11.0 Å². The molecule has 0 saturated carbocycles. The molecule has 0 heterocycles. The van der Waals surface area contributed by atoms with E-state index in [0.717, 1.165) is 24.8 Å². The number of benzene rings is 1. The van der Waals surface area contributed by atoms with E-state index in [1.165, 1.54) is 5.56 Å². The third kappa shape index (κ3) is 3.08. The van der Waals surface area contributed by atoms with Gasteiger partial charge < -0.3 is 5.73 Å². The number of nitriles is 1. The molecule has 0 aliphatic carbocycles. The maximum absolute atomic E-state index is 8.97. The van der Waals surface area contributed by atoms with Crippen molar-refractivity contribution in [2.75, 3.05) is 0 Å². The van der Waals surface area contributed by atoms with Gasteiger partial charge in [-0.15, -0.1) is 0 Å². The number of rotatable bonds is 5. The number of hydrogen-bond acceptors (Lipinski definition) is 2. The lowest BCUT2D eigenvalue weighted by molar-refractivity contribution is 0.517. The lowest BCUT2D eigenvalue weighted by atomic mass is 9.92. The van der Waals surface area contributed by atoms with Crippen molar-refractivity contribution in [2.45, 2.75) is 39.2 Å². The quantitative estimate of drug-likeness (QED) is 0.821. The molecule has 0 saturated heterocycles. The van der Waals surface area contributed by atoms with Gasteiger partial charge in [-0.3, -0.25) is 0 Å². The highest BCUT2D eigenvalue weighted by atomic mass is 14.6. The zero-order chi connectivity index (χ0) is 12.0. The molecular formula is C14H20N2. The molecule has 0 fully saturated rings. The number of nitrogens with zero attached hydrogens (tertiary/aromatic N) is 1. The number of hydrogen-bond donors (Lipinski definition) is 1. The summed E-state index contributed by atoms with van der Waals surface area (Å²) in [5.74, 6) is -0.0861. The highest BCUT2D eigenvalue weighted by molar-refractivity contribution is 5.26. The van der Waals surface area contributed by atoms with Gasteiger partial charge in [0.25, 0.3) is 0 Å². The molecule has 0 radical (unpaired) electrons. The first kappa shape index (κ1) is 12.7. The van der Waals surface area contributed by atoms with E-state index in [2.05, 4.69) is 37.3 Å². The normalized spacial score (nSPS) is 14.1. The molecule has 2 unspecified atom stereocenters. The SMILES string of the molecule is CCCc1ccc(C(N)C(C#N)CC)cc1. The van der Waals surface area contributed by atoms with Gasteiger partial charge in [-0.25, -0.2) is 0 Å². The summed E-state index contributed by atoms with van der Waals surface area (Å²) < 4.78 is 0. The summed E-state index contributed by atoms with van der Waals surface area (Å²) in [7, 11) is 0. The Bertz CT molecular complexity index is 348. The minimum absolute atomic E-state index is 0.0861. The van der Waals surface area contributed by atoms with Crippen molar-refractivity contribution in [2.24, 2.45) is 11.7 Å². The van der Waals surface area contributed by atoms with E-state index in [-0.39, 0.29) is 12.0 Å². The zero-order valence-corrected chi connectivity index (χ0v) is 10.1. The Labute approximate surface area is 98.1 Å². The molecule has 1 aromatic rings. The summed E-state index contributed by atoms with van der Waals surface area (Å²) in [6.45, 7) is 4.17. The smallest absolute Gasteiger partial charge is 0.0675 e. The molecule has 0 amide bonds. The van der Waals surface area contributed by atoms with E-state index in [0.29, 0.717) is 0 Å². The molecule has 0 bridgehead atoms. The lowest BCUT2D eigenvalue weighted by Gasteiger charge is -2.16. The fourth-order valence-electron chi connectivity index (χ4n) is 1.85. The van der Waals surface area contributed by atoms with Gasteiger partial charge in [-0.2, -0.15) is 5.26 Å². The highest BCUT2D eigenvalue weighted by Crippen LogP contribution is 2.22. The van der Waals surface area contributed by atoms with Crippen LogP contribution in [0.25, 0.3) is 0 Å². The maximum atomic E-state index is 8.97. The molecule has 0 aliphatic rings. The van der Waals surface area contributed by atoms with Gasteiger partial charge in [0.15, 0.2) is 0 Å². The minimum Gasteiger partial charge on any atom is -0.323 e. The van der Waals surface area contributed by atoms with E-state index < -0.39 is 0 Å². The van der Waals surface area contributed by atoms with Crippen LogP contribution in [-0.4, -0.2) is 0 Å². The first-order valence-corrected chi connectivity index (χ1v) is 5.97. The van der Waals surface area contributed by atoms with Crippen LogP contribution < -0.4 is 5.73 Å². The summed E-state index contributed by atoms with van der Waals surface area (Å²) >= 11 is 0. The molecule has 2 N–H and O–H groups in total. The average molecular weight is 216 g/mol. The molecule has 16 heavy (non-hydrogen) atoms. The predicted molar refractivity (Wildman–Crippen MR) is 66.8 cm³/mol. The van der Waals surface area contributed by atoms with Gasteiger partial charge in [-0.1, -0.05) is 44.5 Å². The topological polar surface area (TPSA) is 49.8 Å². The summed E-state index contributed by atoms with van der Waals surface area (Å²) in [5.41, 5.74) is 8.46. The Kier molecular flexibility index (Phi) is 5.01. The lowest BCUT2D eigenvalue weighted by Crippen LogP contribution is -2.19. The molecular weight excluding hydrogens is 196 g/mol. The second-order valence-corrected chi connectivity index (χ2v) is 4.16. The zero-order valence-electron chi connectivity index (χ0n) is 10.1. The van der Waals surface area contributed by atoms with Gasteiger partial charge in [0.1, 0.15) is 0 Å². The standard InChI is InChI=1S/C14H20N2/c1-3-5-11-6-8-13(9-7-11)14(16)12(4-2)10-15/h6-9,12,14H,3-5,16H2,1-2H3. The number of nitrogens with two attached hydrogens (primary N) is 1. The van der Waals surface area contributed by atoms with Crippen molar-refractivity contribution in [1.29, 1.82) is 5.26 Å². The van der Waals surface area contributed by atoms with Gasteiger partial charge in [0, 0.05) is 6.04 Å². The van der Waals surface area contributed by atoms with Crippen LogP contribution in [0.3, 0.4) is 0 Å². The molecule has 2 atom stereocenters. The van der Waals surface area contributed by atoms with Crippen molar-refractivity contribution in [3.63, 3.8) is 0 Å². The fraction of sp³-hybridized carbons (Fsp3) is 0.500. The Hall–Kier alpha value is -1.33. The fourth-order valence-corrected chi connectivity index (χ4v) is 1.85. The molecule has 0 aromatic heterocycles. The van der Waals surface area contributed by atoms with Gasteiger partial charge in [-0.05, 0) is 24.0 Å². The van der Waals surface area contributed by atoms with E-state index in [1.807, 2.05) is 6.92 Å². The summed E-state index contributed by atoms with van der Waals surface area (Å²) in [5, 5.41) is 8.97. The molecule has 86 valence electrons. The summed E-state index contributed by atoms with van der Waals surface area (Å²) in [6.07, 6.45) is 3.06. The van der Waals surface area contributed by atoms with Crippen LogP contribution in [0.2, 0.25) is 0 Å². The molecule has 1 rings (SSSR count). The van der Waals surface area contributed by atoms with Crippen LogP contribution in [0.15, 0.2) is 24.3 Å². The van der Waals surface area contributed by atoms with E-state index in [1.54, 1.807) is 0 Å². The van der Waals surface area contributed by atoms with Gasteiger partial charge in [0.05, 0.1) is 12.0 Å². The van der Waals surface area contributed by atoms with Crippen LogP contribution in [0.5, 0.6) is 0 Å². The first-order chi connectivity index (χ1) is 7.72. The third-order valence-corrected chi connectivity index (χ3v) is 2.94. The Morgan fingerprint density at radius 2 is 1.88 bits per heavy atom. The second-order valence-electron chi connectivity index (χ2n) is 4.16. The molecule has 2 nitrogen and oxygen atoms in total. The summed E-state index contributed by atoms with van der Waals surface area (Å²) in [6, 6.07) is 10.4. The highest BCUT2D eigenvalue weighted by Gasteiger charge is 2.16. The van der Waals surface area contributed by atoms with Crippen molar-refractivity contribution in [3.8, 4) is 6.07 Å². The van der Waals surface area contributed by atoms with E-state index >= 15 is 0 Å². The van der Waals surface area contributed by atoms with Gasteiger partial charge in [0.2, 0.25) is 0 Å². The monoisotopic (exact) mass is 216 g/mol. The Morgan fingerprint density at radius 1 is 1.25 bits per heavy atom. The molecule has 2 heteroatoms. The first-order valence-electron chi connectivity index (χ1n) is 5.97. The van der Waals surface area contributed by atoms with Crippen molar-refractivity contribution >= 4 is 0 Å². The van der Waals surface area contributed by atoms with Gasteiger partial charge >= 0.3 is 0 Å². The molecule has 0 aliphatic heterocycles. The maximum Gasteiger partial charge on any atom is 0.0675 e. The van der Waals surface area contributed by atoms with Crippen LogP contribution in [0.4, 0.5) is 0 Å². The largest absolute Gasteiger partial charge is 0.323 e. The van der Waals surface area contributed by atoms with Crippen molar-refractivity contribution in [3.05, 3.63) is 35.4 Å². The predicted octanol–water partition coefficient (Wildman–Crippen LogP) is 3.19. The summed E-state index contributed by atoms with van der Waals surface area (Å²) in [4.78, 5) is 0. The average Bonchev–Trinajstić information content (AvgIpc) is 2.32. The van der Waals surface area contributed by atoms with Crippen LogP contribution in [-0.2, 0) is 6.42 Å². The van der Waals surface area contributed by atoms with E-state index in [9.17, 15) is 0 Å².